The van der Waals surface area contributed by atoms with E-state index in [9.17, 15) is 14.4 Å². The van der Waals surface area contributed by atoms with E-state index >= 15 is 0 Å². The number of hydrogen-bond acceptors (Lipinski definition) is 10. The first-order valence-corrected chi connectivity index (χ1v) is 11.1. The van der Waals surface area contributed by atoms with Gasteiger partial charge in [-0.05, 0) is 6.42 Å². The van der Waals surface area contributed by atoms with Crippen molar-refractivity contribution in [2.75, 3.05) is 86.3 Å². The van der Waals surface area contributed by atoms with E-state index in [1.54, 1.807) is 7.11 Å². The molecular formula is C21H40N2O10. The molecule has 0 aliphatic heterocycles. The Bertz CT molecular complexity index is 507. The zero-order valence-electron chi connectivity index (χ0n) is 19.6. The number of carboxylic acids is 1. The molecule has 4 N–H and O–H groups in total. The van der Waals surface area contributed by atoms with Crippen LogP contribution in [0.15, 0.2) is 0 Å². The molecule has 12 nitrogen and oxygen atoms in total. The van der Waals surface area contributed by atoms with Gasteiger partial charge >= 0.3 is 5.97 Å². The number of aliphatic carboxylic acids is 1. The summed E-state index contributed by atoms with van der Waals surface area (Å²) in [6.07, 6.45) is 0.765. The molecule has 0 heterocycles. The minimum absolute atomic E-state index is 0.0228. The first-order valence-electron chi connectivity index (χ1n) is 11.1. The number of Topliss-reactive ketones (excluding diaryl/α,β-unsaturated/α-hetero) is 1. The molecule has 0 aliphatic carbocycles. The van der Waals surface area contributed by atoms with Crippen LogP contribution >= 0.6 is 0 Å². The van der Waals surface area contributed by atoms with Gasteiger partial charge in [-0.25, -0.2) is 0 Å². The average Bonchev–Trinajstić information content (AvgIpc) is 2.78. The second kappa shape index (κ2) is 23.5. The van der Waals surface area contributed by atoms with Crippen molar-refractivity contribution in [1.82, 2.24) is 5.32 Å². The summed E-state index contributed by atoms with van der Waals surface area (Å²) in [6, 6.07) is -0.887. The van der Waals surface area contributed by atoms with Gasteiger partial charge in [0.15, 0.2) is 0 Å². The van der Waals surface area contributed by atoms with E-state index in [1.165, 1.54) is 0 Å². The number of nitrogens with one attached hydrogen (secondary N) is 1. The minimum Gasteiger partial charge on any atom is -0.481 e. The molecule has 33 heavy (non-hydrogen) atoms. The van der Waals surface area contributed by atoms with Gasteiger partial charge in [0.2, 0.25) is 5.91 Å². The number of amides is 1. The fraction of sp³-hybridized carbons (Fsp3) is 0.857. The molecule has 0 saturated carbocycles. The van der Waals surface area contributed by atoms with Crippen molar-refractivity contribution in [2.24, 2.45) is 5.73 Å². The standard InChI is InChI=1S/C21H40N2O10/c1-28-9-10-32-16-13-31-8-5-23-21(27)19(22)17-18(24)3-2-6-29-11-14-33-15-12-30-7-4-20(25)26/h19H,2-17,22H2,1H3,(H,23,27)(H,25,26)/t19-/m1/s1. The van der Waals surface area contributed by atoms with Crippen LogP contribution < -0.4 is 11.1 Å². The van der Waals surface area contributed by atoms with Crippen LogP contribution in [-0.4, -0.2) is 115 Å². The highest BCUT2D eigenvalue weighted by Crippen LogP contribution is 1.99. The number of carbonyl (C=O) groups is 3. The predicted molar refractivity (Wildman–Crippen MR) is 118 cm³/mol. The Labute approximate surface area is 195 Å². The lowest BCUT2D eigenvalue weighted by Gasteiger charge is -2.12. The molecule has 0 unspecified atom stereocenters. The smallest absolute Gasteiger partial charge is 0.305 e. The molecule has 1 atom stereocenters. The second-order valence-corrected chi connectivity index (χ2v) is 6.94. The van der Waals surface area contributed by atoms with Gasteiger partial charge in [0.1, 0.15) is 5.78 Å². The zero-order valence-corrected chi connectivity index (χ0v) is 19.6. The van der Waals surface area contributed by atoms with Crippen molar-refractivity contribution in [3.63, 3.8) is 0 Å². The molecule has 1 amide bonds. The molecule has 0 radical (unpaired) electrons. The number of carbonyl (C=O) groups excluding carboxylic acids is 2. The van der Waals surface area contributed by atoms with Crippen LogP contribution in [-0.2, 0) is 42.8 Å². The highest BCUT2D eigenvalue weighted by molar-refractivity contribution is 5.88. The molecular weight excluding hydrogens is 440 g/mol. The number of hydrogen-bond donors (Lipinski definition) is 3. The molecule has 0 aliphatic rings. The maximum Gasteiger partial charge on any atom is 0.305 e. The number of carboxylic acid groups (broad SMARTS) is 1. The Balaban J connectivity index is 3.47. The molecule has 0 rings (SSSR count). The Morgan fingerprint density at radius 2 is 1.27 bits per heavy atom. The van der Waals surface area contributed by atoms with Gasteiger partial charge in [0.25, 0.3) is 0 Å². The number of rotatable bonds is 25. The van der Waals surface area contributed by atoms with Gasteiger partial charge in [0, 0.05) is 33.1 Å². The molecule has 0 aromatic heterocycles. The van der Waals surface area contributed by atoms with Crippen LogP contribution in [0.3, 0.4) is 0 Å². The Kier molecular flexibility index (Phi) is 22.3. The summed E-state index contributed by atoms with van der Waals surface area (Å²) in [5, 5.41) is 11.1. The predicted octanol–water partition coefficient (Wildman–Crippen LogP) is -0.627. The third-order valence-corrected chi connectivity index (χ3v) is 4.08. The monoisotopic (exact) mass is 480 g/mol. The third-order valence-electron chi connectivity index (χ3n) is 4.08. The van der Waals surface area contributed by atoms with Crippen molar-refractivity contribution < 1.29 is 47.9 Å². The van der Waals surface area contributed by atoms with Gasteiger partial charge in [0.05, 0.1) is 78.5 Å². The van der Waals surface area contributed by atoms with Crippen molar-refractivity contribution in [1.29, 1.82) is 0 Å². The average molecular weight is 481 g/mol. The van der Waals surface area contributed by atoms with Crippen molar-refractivity contribution in [3.8, 4) is 0 Å². The second-order valence-electron chi connectivity index (χ2n) is 6.94. The van der Waals surface area contributed by atoms with Crippen LogP contribution in [0.25, 0.3) is 0 Å². The number of nitrogens with two attached hydrogens (primary N) is 1. The summed E-state index contributed by atoms with van der Waals surface area (Å²) in [5.41, 5.74) is 5.78. The highest BCUT2D eigenvalue weighted by Gasteiger charge is 2.16. The van der Waals surface area contributed by atoms with Crippen LogP contribution in [0.4, 0.5) is 0 Å². The van der Waals surface area contributed by atoms with Crippen LogP contribution in [0.5, 0.6) is 0 Å². The van der Waals surface area contributed by atoms with Crippen LogP contribution in [0.2, 0.25) is 0 Å². The summed E-state index contributed by atoms with van der Waals surface area (Å²) >= 11 is 0. The molecule has 194 valence electrons. The minimum atomic E-state index is -0.898. The van der Waals surface area contributed by atoms with E-state index in [0.717, 1.165) is 0 Å². The summed E-state index contributed by atoms with van der Waals surface area (Å²) in [7, 11) is 1.60. The first kappa shape index (κ1) is 31.3. The van der Waals surface area contributed by atoms with E-state index in [1.807, 2.05) is 0 Å². The van der Waals surface area contributed by atoms with E-state index in [0.29, 0.717) is 79.0 Å². The van der Waals surface area contributed by atoms with Crippen LogP contribution in [0, 0.1) is 0 Å². The fourth-order valence-electron chi connectivity index (χ4n) is 2.35. The Morgan fingerprint density at radius 3 is 1.85 bits per heavy atom. The normalized spacial score (nSPS) is 11.9. The number of methoxy groups -OCH3 is 1. The summed E-state index contributed by atoms with van der Waals surface area (Å²) in [5.74, 6) is -1.38. The number of ether oxygens (including phenoxy) is 6. The van der Waals surface area contributed by atoms with E-state index < -0.39 is 12.0 Å². The van der Waals surface area contributed by atoms with Crippen molar-refractivity contribution >= 4 is 17.7 Å². The van der Waals surface area contributed by atoms with Gasteiger partial charge in [-0.2, -0.15) is 0 Å². The maximum absolute atomic E-state index is 11.9. The van der Waals surface area contributed by atoms with Crippen molar-refractivity contribution in [3.05, 3.63) is 0 Å². The Morgan fingerprint density at radius 1 is 0.758 bits per heavy atom. The summed E-state index contributed by atoms with van der Waals surface area (Å²) < 4.78 is 31.1. The molecule has 0 fully saturated rings. The highest BCUT2D eigenvalue weighted by atomic mass is 16.5. The van der Waals surface area contributed by atoms with Gasteiger partial charge in [-0.1, -0.05) is 0 Å². The van der Waals surface area contributed by atoms with Crippen molar-refractivity contribution in [2.45, 2.75) is 31.7 Å². The van der Waals surface area contributed by atoms with Crippen LogP contribution in [0.1, 0.15) is 25.7 Å². The largest absolute Gasteiger partial charge is 0.481 e. The molecule has 0 aromatic rings. The summed E-state index contributed by atoms with van der Waals surface area (Å²) in [6.45, 7) is 4.56. The lowest BCUT2D eigenvalue weighted by Crippen LogP contribution is -2.43. The van der Waals surface area contributed by atoms with Gasteiger partial charge in [-0.3, -0.25) is 14.4 Å². The fourth-order valence-corrected chi connectivity index (χ4v) is 2.35. The lowest BCUT2D eigenvalue weighted by atomic mass is 10.1. The van der Waals surface area contributed by atoms with Gasteiger partial charge in [-0.15, -0.1) is 0 Å². The van der Waals surface area contributed by atoms with Gasteiger partial charge < -0.3 is 44.6 Å². The topological polar surface area (TPSA) is 165 Å². The first-order chi connectivity index (χ1) is 16.0. The van der Waals surface area contributed by atoms with E-state index in [4.69, 9.17) is 39.3 Å². The quantitative estimate of drug-likeness (QED) is 0.142. The summed E-state index contributed by atoms with van der Waals surface area (Å²) in [4.78, 5) is 34.2. The maximum atomic E-state index is 11.9. The third kappa shape index (κ3) is 23.3. The number of ketones is 1. The van der Waals surface area contributed by atoms with E-state index in [2.05, 4.69) is 5.32 Å². The SMILES string of the molecule is COCCOCCOCCNC(=O)[C@H](N)CC(=O)CCCOCCOCCOCCC(=O)O. The molecule has 0 saturated heterocycles. The molecule has 0 aromatic carbocycles. The molecule has 0 bridgehead atoms. The van der Waals surface area contributed by atoms with E-state index in [-0.39, 0.29) is 37.6 Å². The molecule has 0 spiro atoms. The molecule has 12 heteroatoms. The Hall–Kier alpha value is -1.67. The lowest BCUT2D eigenvalue weighted by molar-refractivity contribution is -0.138. The zero-order chi connectivity index (χ0) is 24.6.